The molecule has 3 rings (SSSR count). The van der Waals surface area contributed by atoms with Crippen molar-refractivity contribution in [3.63, 3.8) is 0 Å². The van der Waals surface area contributed by atoms with Crippen molar-refractivity contribution in [2.45, 2.75) is 114 Å². The largest absolute Gasteiger partial charge is 0.457 e. The molecule has 2 aliphatic rings. The van der Waals surface area contributed by atoms with E-state index in [1.54, 1.807) is 0 Å². The van der Waals surface area contributed by atoms with Gasteiger partial charge in [0.2, 0.25) is 0 Å². The third-order valence-electron chi connectivity index (χ3n) is 7.20. The summed E-state index contributed by atoms with van der Waals surface area (Å²) < 4.78 is 12.1. The Hall–Kier alpha value is -2.23. The van der Waals surface area contributed by atoms with Crippen LogP contribution >= 0.6 is 0 Å². The Morgan fingerprint density at radius 1 is 1.11 bits per heavy atom. The summed E-state index contributed by atoms with van der Waals surface area (Å²) in [5, 5.41) is 20.2. The van der Waals surface area contributed by atoms with Crippen molar-refractivity contribution in [3.8, 4) is 0 Å². The van der Waals surface area contributed by atoms with Gasteiger partial charge in [-0.3, -0.25) is 9.36 Å². The molecule has 1 aliphatic carbocycles. The van der Waals surface area contributed by atoms with Gasteiger partial charge >= 0.3 is 11.7 Å². The lowest BCUT2D eigenvalue weighted by Crippen LogP contribution is -2.39. The fraction of sp³-hybridized carbons (Fsp3) is 0.741. The van der Waals surface area contributed by atoms with Crippen molar-refractivity contribution in [2.75, 3.05) is 12.3 Å². The van der Waals surface area contributed by atoms with E-state index < -0.39 is 42.8 Å². The van der Waals surface area contributed by atoms with Crippen LogP contribution in [-0.2, 0) is 14.3 Å². The van der Waals surface area contributed by atoms with Crippen LogP contribution in [0.3, 0.4) is 0 Å². The number of ether oxygens (including phenoxy) is 2. The molecule has 5 atom stereocenters. The summed E-state index contributed by atoms with van der Waals surface area (Å²) in [7, 11) is 0. The van der Waals surface area contributed by atoms with Gasteiger partial charge in [-0.25, -0.2) is 4.79 Å². The average Bonchev–Trinajstić information content (AvgIpc) is 3.48. The maximum absolute atomic E-state index is 12.3. The lowest BCUT2D eigenvalue weighted by molar-refractivity contribution is -0.156. The molecule has 4 N–H and O–H groups in total. The molecule has 0 amide bonds. The van der Waals surface area contributed by atoms with Crippen LogP contribution in [0.2, 0.25) is 0 Å². The normalized spacial score (nSPS) is 25.4. The maximum Gasteiger partial charge on any atom is 0.351 e. The Labute approximate surface area is 213 Å². The topological polar surface area (TPSA) is 137 Å². The molecule has 1 fully saturated rings. The molecule has 9 nitrogen and oxygen atoms in total. The monoisotopic (exact) mass is 505 g/mol. The minimum absolute atomic E-state index is 0.0493. The van der Waals surface area contributed by atoms with Crippen molar-refractivity contribution >= 4 is 11.8 Å². The molecule has 0 unspecified atom stereocenters. The molecule has 0 saturated carbocycles. The fourth-order valence-electron chi connectivity index (χ4n) is 5.10. The predicted octanol–water partition coefficient (Wildman–Crippen LogP) is 3.64. The highest BCUT2D eigenvalue weighted by atomic mass is 16.6. The van der Waals surface area contributed by atoms with Crippen molar-refractivity contribution in [1.82, 2.24) is 9.55 Å². The standard InChI is InChI=1S/C27H43N3O6/c28-22-17-18-30(27(34)29-22)26-24(33)25(21(19-31)35-26)36-23(32)16-10-8-6-4-2-1-3-5-7-9-13-20-14-11-12-15-20/h11,14,17-18,20-21,24-26,31,33H,1-10,12-13,15-16,19H2,(H2,28,29,34)/t20-,21-,24+,25-,26-/m1/s1. The van der Waals surface area contributed by atoms with Crippen molar-refractivity contribution in [1.29, 1.82) is 0 Å². The highest BCUT2D eigenvalue weighted by Crippen LogP contribution is 2.31. The van der Waals surface area contributed by atoms with Gasteiger partial charge in [-0.05, 0) is 37.7 Å². The Kier molecular flexibility index (Phi) is 11.9. The number of nitrogens with zero attached hydrogens (tertiary/aromatic N) is 2. The quantitative estimate of drug-likeness (QED) is 0.176. The highest BCUT2D eigenvalue weighted by Gasteiger charge is 2.47. The van der Waals surface area contributed by atoms with E-state index >= 15 is 0 Å². The zero-order valence-corrected chi connectivity index (χ0v) is 21.3. The van der Waals surface area contributed by atoms with Crippen LogP contribution in [0, 0.1) is 5.92 Å². The van der Waals surface area contributed by atoms with Gasteiger partial charge in [-0.15, -0.1) is 0 Å². The first-order valence-electron chi connectivity index (χ1n) is 13.6. The first-order chi connectivity index (χ1) is 17.5. The van der Waals surface area contributed by atoms with E-state index in [0.717, 1.165) is 23.3 Å². The molecule has 36 heavy (non-hydrogen) atoms. The van der Waals surface area contributed by atoms with E-state index in [0.29, 0.717) is 6.42 Å². The third kappa shape index (κ3) is 8.71. The van der Waals surface area contributed by atoms with E-state index in [9.17, 15) is 19.8 Å². The van der Waals surface area contributed by atoms with Crippen LogP contribution in [0.25, 0.3) is 0 Å². The number of aromatic nitrogens is 2. The second-order valence-corrected chi connectivity index (χ2v) is 10.1. The number of nitrogens with two attached hydrogens (primary N) is 1. The summed E-state index contributed by atoms with van der Waals surface area (Å²) in [4.78, 5) is 28.0. The van der Waals surface area contributed by atoms with Gasteiger partial charge in [0.15, 0.2) is 12.3 Å². The van der Waals surface area contributed by atoms with Crippen LogP contribution in [0.5, 0.6) is 0 Å². The number of allylic oxidation sites excluding steroid dienone is 2. The summed E-state index contributed by atoms with van der Waals surface area (Å²) >= 11 is 0. The lowest BCUT2D eigenvalue weighted by atomic mass is 9.99. The van der Waals surface area contributed by atoms with Gasteiger partial charge < -0.3 is 25.4 Å². The van der Waals surface area contributed by atoms with E-state index in [4.69, 9.17) is 15.2 Å². The predicted molar refractivity (Wildman–Crippen MR) is 137 cm³/mol. The summed E-state index contributed by atoms with van der Waals surface area (Å²) in [6, 6.07) is 1.40. The van der Waals surface area contributed by atoms with Crippen LogP contribution in [0.4, 0.5) is 5.82 Å². The molecule has 1 aromatic rings. The Morgan fingerprint density at radius 2 is 1.78 bits per heavy atom. The van der Waals surface area contributed by atoms with Crippen molar-refractivity contribution in [3.05, 3.63) is 34.9 Å². The van der Waals surface area contributed by atoms with Crippen molar-refractivity contribution in [2.24, 2.45) is 5.92 Å². The number of aliphatic hydroxyl groups excluding tert-OH is 2. The number of nitrogen functional groups attached to an aromatic ring is 1. The molecule has 0 aromatic carbocycles. The number of carbonyl (C=O) groups is 1. The van der Waals surface area contributed by atoms with E-state index in [-0.39, 0.29) is 12.2 Å². The molecular weight excluding hydrogens is 462 g/mol. The molecule has 9 heteroatoms. The van der Waals surface area contributed by atoms with Crippen LogP contribution in [0.1, 0.15) is 96.1 Å². The van der Waals surface area contributed by atoms with Crippen LogP contribution in [0.15, 0.2) is 29.2 Å². The third-order valence-corrected chi connectivity index (χ3v) is 7.20. The molecule has 0 spiro atoms. The van der Waals surface area contributed by atoms with Gasteiger partial charge in [0.1, 0.15) is 18.0 Å². The number of rotatable bonds is 16. The fourth-order valence-corrected chi connectivity index (χ4v) is 5.10. The number of carbonyl (C=O) groups excluding carboxylic acids is 1. The molecule has 1 aromatic heterocycles. The minimum Gasteiger partial charge on any atom is -0.457 e. The van der Waals surface area contributed by atoms with Crippen LogP contribution in [-0.4, -0.2) is 50.7 Å². The number of aliphatic hydroxyl groups is 2. The summed E-state index contributed by atoms with van der Waals surface area (Å²) in [5.74, 6) is 0.441. The molecule has 1 aliphatic heterocycles. The summed E-state index contributed by atoms with van der Waals surface area (Å²) in [5.41, 5.74) is 4.81. The zero-order chi connectivity index (χ0) is 25.8. The first kappa shape index (κ1) is 28.3. The number of unbranched alkanes of at least 4 members (excludes halogenated alkanes) is 9. The molecule has 1 saturated heterocycles. The Balaban J connectivity index is 1.23. The Bertz CT molecular complexity index is 889. The van der Waals surface area contributed by atoms with Crippen molar-refractivity contribution < 1.29 is 24.5 Å². The zero-order valence-electron chi connectivity index (χ0n) is 21.3. The molecule has 0 bridgehead atoms. The SMILES string of the molecule is Nc1ccn([C@@H]2O[C@H](CO)[C@@H](OC(=O)CCCCCCCCCCCC[C@@H]3C=CCC3)[C@@H]2O)c(=O)n1. The highest BCUT2D eigenvalue weighted by molar-refractivity contribution is 5.69. The van der Waals surface area contributed by atoms with Gasteiger partial charge in [0.25, 0.3) is 0 Å². The lowest BCUT2D eigenvalue weighted by Gasteiger charge is -2.20. The molecule has 202 valence electrons. The van der Waals surface area contributed by atoms with Gasteiger partial charge in [0, 0.05) is 12.6 Å². The van der Waals surface area contributed by atoms with Gasteiger partial charge in [0.05, 0.1) is 6.61 Å². The summed E-state index contributed by atoms with van der Waals surface area (Å²) in [6.07, 6.45) is 17.6. The second kappa shape index (κ2) is 15.1. The average molecular weight is 506 g/mol. The first-order valence-corrected chi connectivity index (χ1v) is 13.6. The van der Waals surface area contributed by atoms with E-state index in [1.165, 1.54) is 76.5 Å². The number of hydrogen-bond donors (Lipinski definition) is 3. The van der Waals surface area contributed by atoms with Gasteiger partial charge in [-0.1, -0.05) is 69.9 Å². The second-order valence-electron chi connectivity index (χ2n) is 10.1. The molecular formula is C27H43N3O6. The number of anilines is 1. The number of esters is 1. The summed E-state index contributed by atoms with van der Waals surface area (Å²) in [6.45, 7) is -0.458. The molecule has 2 heterocycles. The maximum atomic E-state index is 12.3. The molecule has 0 radical (unpaired) electrons. The van der Waals surface area contributed by atoms with Gasteiger partial charge in [-0.2, -0.15) is 4.98 Å². The van der Waals surface area contributed by atoms with Crippen LogP contribution < -0.4 is 11.4 Å². The Morgan fingerprint density at radius 3 is 2.39 bits per heavy atom. The minimum atomic E-state index is -1.31. The van der Waals surface area contributed by atoms with E-state index in [2.05, 4.69) is 17.1 Å². The smallest absolute Gasteiger partial charge is 0.351 e. The number of hydrogen-bond acceptors (Lipinski definition) is 8. The van der Waals surface area contributed by atoms with E-state index in [1.807, 2.05) is 0 Å².